The van der Waals surface area contributed by atoms with Crippen molar-refractivity contribution >= 4 is 28.0 Å². The fraction of sp³-hybridized carbons (Fsp3) is 0.400. The molecule has 13 heteroatoms. The van der Waals surface area contributed by atoms with Crippen LogP contribution in [0.4, 0.5) is 13.2 Å². The van der Waals surface area contributed by atoms with Crippen molar-refractivity contribution in [2.24, 2.45) is 18.7 Å². The van der Waals surface area contributed by atoms with Gasteiger partial charge in [-0.2, -0.15) is 8.78 Å². The Morgan fingerprint density at radius 3 is 2.77 bits per heavy atom. The number of pyridine rings is 1. The lowest BCUT2D eigenvalue weighted by atomic mass is 10.0. The summed E-state index contributed by atoms with van der Waals surface area (Å²) in [6.07, 6.45) is 3.35. The van der Waals surface area contributed by atoms with E-state index in [1.807, 2.05) is 29.8 Å². The molecule has 0 bridgehead atoms. The van der Waals surface area contributed by atoms with Crippen molar-refractivity contribution in [1.29, 1.82) is 0 Å². The molecular weight excluding hydrogens is 561 g/mol. The van der Waals surface area contributed by atoms with E-state index >= 15 is 4.39 Å². The molecule has 1 aliphatic heterocycles. The van der Waals surface area contributed by atoms with Gasteiger partial charge in [0.2, 0.25) is 5.95 Å². The fourth-order valence-corrected chi connectivity index (χ4v) is 5.86. The smallest absolute Gasteiger partial charge is 0.256 e. The minimum atomic E-state index is -1.73. The van der Waals surface area contributed by atoms with Gasteiger partial charge in [0, 0.05) is 38.5 Å². The van der Waals surface area contributed by atoms with Crippen molar-refractivity contribution in [3.05, 3.63) is 60.1 Å². The van der Waals surface area contributed by atoms with Gasteiger partial charge in [-0.1, -0.05) is 12.1 Å². The van der Waals surface area contributed by atoms with Crippen molar-refractivity contribution in [2.45, 2.75) is 44.8 Å². The molecule has 2 aliphatic rings. The molecule has 1 saturated carbocycles. The van der Waals surface area contributed by atoms with E-state index in [2.05, 4.69) is 9.55 Å². The highest BCUT2D eigenvalue weighted by Gasteiger charge is 2.30. The molecule has 0 radical (unpaired) electrons. The number of hydrogen-bond donors (Lipinski definition) is 1. The Morgan fingerprint density at radius 1 is 1.19 bits per heavy atom. The first-order valence-electron chi connectivity index (χ1n) is 14.4. The predicted molar refractivity (Wildman–Crippen MR) is 153 cm³/mol. The summed E-state index contributed by atoms with van der Waals surface area (Å²) in [6.45, 7) is 0.367. The number of benzene rings is 1. The van der Waals surface area contributed by atoms with E-state index in [1.54, 1.807) is 17.0 Å². The number of fused-ring (bicyclic) bond motifs is 3. The maximum Gasteiger partial charge on any atom is 0.256 e. The van der Waals surface area contributed by atoms with E-state index in [4.69, 9.17) is 20.4 Å². The highest BCUT2D eigenvalue weighted by atomic mass is 19.1. The summed E-state index contributed by atoms with van der Waals surface area (Å²) < 4.78 is 52.5. The molecule has 5 aromatic rings. The van der Waals surface area contributed by atoms with Crippen LogP contribution in [0.25, 0.3) is 33.6 Å². The summed E-state index contributed by atoms with van der Waals surface area (Å²) in [7, 11) is 1.89. The Bertz CT molecular complexity index is 1840. The van der Waals surface area contributed by atoms with Gasteiger partial charge in [-0.25, -0.2) is 19.3 Å². The second-order valence-electron chi connectivity index (χ2n) is 11.4. The second-order valence-corrected chi connectivity index (χ2v) is 11.4. The van der Waals surface area contributed by atoms with Gasteiger partial charge in [-0.05, 0) is 37.0 Å². The molecule has 1 aromatic carbocycles. The van der Waals surface area contributed by atoms with E-state index in [9.17, 15) is 13.6 Å². The van der Waals surface area contributed by atoms with Crippen LogP contribution in [0, 0.1) is 11.9 Å². The van der Waals surface area contributed by atoms with Crippen LogP contribution in [0.5, 0.6) is 5.75 Å². The first-order valence-corrected chi connectivity index (χ1v) is 14.4. The molecule has 1 aliphatic carbocycles. The number of aryl methyl sites for hydroxylation is 1. The van der Waals surface area contributed by atoms with E-state index < -0.39 is 25.0 Å². The molecule has 10 nitrogen and oxygen atoms in total. The second kappa shape index (κ2) is 10.7. The van der Waals surface area contributed by atoms with Crippen LogP contribution < -0.4 is 10.5 Å². The van der Waals surface area contributed by atoms with Gasteiger partial charge in [-0.15, -0.1) is 0 Å². The molecule has 7 rings (SSSR count). The SMILES string of the molecule is Cn1c(-c2cc3cccc(O[C@@H](F)Cn4cnc(F)c4)c3n2CC2CC2)nc2cc3c(nc21)CCN(C[C@H](N)CF)C3=O. The molecule has 1 fully saturated rings. The average Bonchev–Trinajstić information content (AvgIpc) is 3.48. The molecule has 2 N–H and O–H groups in total. The largest absolute Gasteiger partial charge is 0.456 e. The number of amides is 1. The van der Waals surface area contributed by atoms with Gasteiger partial charge < -0.3 is 29.1 Å². The molecule has 2 atom stereocenters. The highest BCUT2D eigenvalue weighted by molar-refractivity contribution is 5.99. The monoisotopic (exact) mass is 592 g/mol. The number of hydrogen-bond acceptors (Lipinski definition) is 6. The van der Waals surface area contributed by atoms with Crippen LogP contribution in [-0.4, -0.2) is 71.6 Å². The number of halogens is 3. The third-order valence-corrected chi connectivity index (χ3v) is 8.17. The minimum absolute atomic E-state index is 0.144. The lowest BCUT2D eigenvalue weighted by molar-refractivity contribution is 0.0522. The highest BCUT2D eigenvalue weighted by Crippen LogP contribution is 2.39. The maximum absolute atomic E-state index is 15.1. The van der Waals surface area contributed by atoms with E-state index in [-0.39, 0.29) is 19.0 Å². The van der Waals surface area contributed by atoms with E-state index in [1.165, 1.54) is 10.9 Å². The third-order valence-electron chi connectivity index (χ3n) is 8.17. The van der Waals surface area contributed by atoms with Crippen molar-refractivity contribution in [1.82, 2.24) is 33.6 Å². The molecular formula is C30H31F3N8O2. The maximum atomic E-state index is 15.1. The first-order chi connectivity index (χ1) is 20.8. The number of alkyl halides is 2. The van der Waals surface area contributed by atoms with Gasteiger partial charge in [0.25, 0.3) is 12.3 Å². The average molecular weight is 593 g/mol. The van der Waals surface area contributed by atoms with Gasteiger partial charge in [0.1, 0.15) is 17.9 Å². The molecule has 0 unspecified atom stereocenters. The summed E-state index contributed by atoms with van der Waals surface area (Å²) >= 11 is 0. The van der Waals surface area contributed by atoms with E-state index in [0.29, 0.717) is 59.4 Å². The quantitative estimate of drug-likeness (QED) is 0.263. The zero-order valence-electron chi connectivity index (χ0n) is 23.6. The van der Waals surface area contributed by atoms with Gasteiger partial charge in [0.05, 0.1) is 47.6 Å². The molecule has 1 amide bonds. The lowest BCUT2D eigenvalue weighted by Gasteiger charge is -2.29. The topological polar surface area (TPSA) is 109 Å². The van der Waals surface area contributed by atoms with Crippen molar-refractivity contribution in [3.8, 4) is 17.3 Å². The van der Waals surface area contributed by atoms with Gasteiger partial charge >= 0.3 is 0 Å². The third kappa shape index (κ3) is 5.11. The number of imidazole rings is 2. The van der Waals surface area contributed by atoms with E-state index in [0.717, 1.165) is 35.6 Å². The first kappa shape index (κ1) is 27.4. The summed E-state index contributed by atoms with van der Waals surface area (Å²) in [5.74, 6) is 0.606. The molecule has 5 heterocycles. The van der Waals surface area contributed by atoms with Gasteiger partial charge in [-0.3, -0.25) is 4.79 Å². The molecule has 43 heavy (non-hydrogen) atoms. The zero-order valence-corrected chi connectivity index (χ0v) is 23.6. The number of nitrogens with zero attached hydrogens (tertiary/aromatic N) is 7. The Balaban J connectivity index is 1.27. The van der Waals surface area contributed by atoms with Crippen LogP contribution in [0.3, 0.4) is 0 Å². The number of carbonyl (C=O) groups is 1. The zero-order chi connectivity index (χ0) is 29.8. The van der Waals surface area contributed by atoms with Crippen LogP contribution in [0.2, 0.25) is 0 Å². The molecule has 0 saturated heterocycles. The summed E-state index contributed by atoms with van der Waals surface area (Å²) in [4.78, 5) is 28.0. The van der Waals surface area contributed by atoms with Crippen LogP contribution in [0.15, 0.2) is 42.9 Å². The Labute approximate surface area is 244 Å². The summed E-state index contributed by atoms with van der Waals surface area (Å²) in [5, 5.41) is 0.864. The van der Waals surface area contributed by atoms with Crippen molar-refractivity contribution < 1.29 is 22.7 Å². The summed E-state index contributed by atoms with van der Waals surface area (Å²) in [5.41, 5.74) is 9.69. The minimum Gasteiger partial charge on any atom is -0.456 e. The molecule has 224 valence electrons. The fourth-order valence-electron chi connectivity index (χ4n) is 5.86. The Morgan fingerprint density at radius 2 is 2.02 bits per heavy atom. The number of rotatable bonds is 10. The van der Waals surface area contributed by atoms with Crippen LogP contribution >= 0.6 is 0 Å². The number of ether oxygens (including phenoxy) is 1. The number of aromatic nitrogens is 6. The standard InChI is InChI=1S/C30H31F3N8O2/c1-38-28-22(10-20-21(36-28)7-8-40(30(20)42)13-19(34)11-31)37-29(38)23-9-18-3-2-4-24(27(18)41(23)12-17-5-6-17)43-26(33)15-39-14-25(32)35-16-39/h2-4,9-10,14,16-17,19,26H,5-8,11-13,15,34H2,1H3/t19-,26-/m1/s1. The predicted octanol–water partition coefficient (Wildman–Crippen LogP) is 4.01. The van der Waals surface area contributed by atoms with Gasteiger partial charge in [0.15, 0.2) is 11.5 Å². The van der Waals surface area contributed by atoms with Crippen molar-refractivity contribution in [2.75, 3.05) is 19.8 Å². The number of nitrogens with two attached hydrogens (primary N) is 1. The Hall–Kier alpha value is -4.39. The Kier molecular flexibility index (Phi) is 6.83. The molecule has 4 aromatic heterocycles. The molecule has 0 spiro atoms. The van der Waals surface area contributed by atoms with Crippen LogP contribution in [-0.2, 0) is 26.6 Å². The van der Waals surface area contributed by atoms with Crippen LogP contribution in [0.1, 0.15) is 28.9 Å². The lowest BCUT2D eigenvalue weighted by Crippen LogP contribution is -2.45. The number of para-hydroxylation sites is 1. The summed E-state index contributed by atoms with van der Waals surface area (Å²) in [6, 6.07) is 8.52. The van der Waals surface area contributed by atoms with Crippen molar-refractivity contribution in [3.63, 3.8) is 0 Å². The normalized spacial score (nSPS) is 16.7. The number of carbonyl (C=O) groups excluding carboxylic acids is 1.